The number of hydrogen-bond donors (Lipinski definition) is 0. The van der Waals surface area contributed by atoms with Crippen molar-refractivity contribution in [1.82, 2.24) is 0 Å². The fourth-order valence-electron chi connectivity index (χ4n) is 1.17. The summed E-state index contributed by atoms with van der Waals surface area (Å²) in [5, 5.41) is 1.24. The Labute approximate surface area is 90.1 Å². The maximum absolute atomic E-state index is 11.7. The Balaban J connectivity index is 3.18. The summed E-state index contributed by atoms with van der Waals surface area (Å²) in [6.45, 7) is 0. The molecule has 0 amide bonds. The van der Waals surface area contributed by atoms with Crippen LogP contribution >= 0.6 is 0 Å². The molecule has 0 saturated heterocycles. The highest BCUT2D eigenvalue weighted by Crippen LogP contribution is 2.17. The minimum Gasteiger partial charge on any atom is -0.496 e. The van der Waals surface area contributed by atoms with E-state index in [1.165, 1.54) is 25.0 Å². The summed E-state index contributed by atoms with van der Waals surface area (Å²) in [7, 11) is -0.675. The first-order valence-electron chi connectivity index (χ1n) is 4.40. The van der Waals surface area contributed by atoms with Crippen LogP contribution < -0.4 is 4.74 Å². The third-order valence-electron chi connectivity index (χ3n) is 1.76. The summed E-state index contributed by atoms with van der Waals surface area (Å²) in [4.78, 5) is 11.7. The molecule has 0 aliphatic carbocycles. The molecule has 4 heteroatoms. The number of ether oxygens (including phenoxy) is 1. The van der Waals surface area contributed by atoms with Gasteiger partial charge in [0.2, 0.25) is 0 Å². The number of hydrogen-bond acceptors (Lipinski definition) is 3. The fourth-order valence-corrected chi connectivity index (χ4v) is 1.81. The van der Waals surface area contributed by atoms with Gasteiger partial charge in [-0.2, -0.15) is 0 Å². The number of methoxy groups -OCH3 is 1. The molecule has 0 bridgehead atoms. The fraction of sp³-hybridized carbons (Fsp3) is 0.273. The molecule has 82 valence electrons. The molecule has 0 heterocycles. The molecular weight excluding hydrogens is 212 g/mol. The zero-order chi connectivity index (χ0) is 11.5. The molecule has 0 aliphatic rings. The van der Waals surface area contributed by atoms with E-state index >= 15 is 0 Å². The van der Waals surface area contributed by atoms with Gasteiger partial charge in [0.05, 0.1) is 12.7 Å². The van der Waals surface area contributed by atoms with Gasteiger partial charge >= 0.3 is 0 Å². The first kappa shape index (κ1) is 11.8. The Morgan fingerprint density at radius 3 is 2.47 bits per heavy atom. The van der Waals surface area contributed by atoms with Crippen molar-refractivity contribution in [2.24, 2.45) is 0 Å². The summed E-state index contributed by atoms with van der Waals surface area (Å²) >= 11 is 0. The number of Topliss-reactive ketones (excluding diaryl/α,β-unsaturated/α-hetero) is 1. The molecule has 0 unspecified atom stereocenters. The number of rotatable bonds is 3. The summed E-state index contributed by atoms with van der Waals surface area (Å²) < 4.78 is 16.5. The Kier molecular flexibility index (Phi) is 3.52. The molecule has 0 atom stereocenters. The van der Waals surface area contributed by atoms with E-state index in [9.17, 15) is 9.00 Å². The van der Waals surface area contributed by atoms with Gasteiger partial charge in [-0.25, -0.2) is 0 Å². The Bertz CT molecular complexity index is 474. The number of benzene rings is 1. The number of para-hydroxylation sites is 1. The van der Waals surface area contributed by atoms with Crippen LogP contribution in [0, 0.1) is 0 Å². The molecule has 0 N–H and O–H groups in total. The minimum atomic E-state index is -2.18. The van der Waals surface area contributed by atoms with Crippen LogP contribution in [-0.4, -0.2) is 35.0 Å². The van der Waals surface area contributed by atoms with E-state index in [0.717, 1.165) is 0 Å². The van der Waals surface area contributed by atoms with Crippen LogP contribution in [0.15, 0.2) is 24.3 Å². The predicted octanol–water partition coefficient (Wildman–Crippen LogP) is 1.22. The lowest BCUT2D eigenvalue weighted by molar-refractivity contribution is 0.107. The highest BCUT2D eigenvalue weighted by molar-refractivity contribution is 8.01. The van der Waals surface area contributed by atoms with Crippen LogP contribution in [0.2, 0.25) is 0 Å². The van der Waals surface area contributed by atoms with Gasteiger partial charge < -0.3 is 4.74 Å². The van der Waals surface area contributed by atoms with Crippen molar-refractivity contribution < 1.29 is 13.7 Å². The van der Waals surface area contributed by atoms with Crippen LogP contribution in [-0.2, 0) is 9.52 Å². The molecule has 1 aromatic rings. The molecule has 1 aromatic carbocycles. The lowest BCUT2D eigenvalue weighted by Gasteiger charge is -2.04. The second-order valence-electron chi connectivity index (χ2n) is 3.49. The number of carbonyl (C=O) groups is 1. The van der Waals surface area contributed by atoms with Gasteiger partial charge in [-0.15, -0.1) is 0 Å². The molecule has 15 heavy (non-hydrogen) atoms. The Hall–Kier alpha value is -1.29. The van der Waals surface area contributed by atoms with E-state index in [2.05, 4.69) is 0 Å². The standard InChI is InChI=1S/C11H14O3S/c1-14-11-7-5-4-6-9(11)10(12)8-15(2,3)13/h4-8H,1-3H3. The molecule has 0 radical (unpaired) electrons. The van der Waals surface area contributed by atoms with Crippen molar-refractivity contribution in [2.75, 3.05) is 19.6 Å². The zero-order valence-corrected chi connectivity index (χ0v) is 9.84. The monoisotopic (exact) mass is 226 g/mol. The zero-order valence-electron chi connectivity index (χ0n) is 9.02. The summed E-state index contributed by atoms with van der Waals surface area (Å²) in [5.41, 5.74) is 0.441. The average molecular weight is 226 g/mol. The van der Waals surface area contributed by atoms with E-state index < -0.39 is 9.52 Å². The summed E-state index contributed by atoms with van der Waals surface area (Å²) in [6.07, 6.45) is 3.06. The van der Waals surface area contributed by atoms with E-state index in [0.29, 0.717) is 11.3 Å². The summed E-state index contributed by atoms with van der Waals surface area (Å²) in [5.74, 6) is 0.241. The summed E-state index contributed by atoms with van der Waals surface area (Å²) in [6, 6.07) is 6.89. The minimum absolute atomic E-state index is 0.262. The highest BCUT2D eigenvalue weighted by Gasteiger charge is 2.09. The van der Waals surface area contributed by atoms with Crippen LogP contribution in [0.3, 0.4) is 0 Å². The van der Waals surface area contributed by atoms with Gasteiger partial charge in [0.15, 0.2) is 5.78 Å². The van der Waals surface area contributed by atoms with Crippen LogP contribution in [0.25, 0.3) is 0 Å². The van der Waals surface area contributed by atoms with E-state index in [-0.39, 0.29) is 5.78 Å². The van der Waals surface area contributed by atoms with Gasteiger partial charge in [0.25, 0.3) is 0 Å². The molecule has 1 rings (SSSR count). The second-order valence-corrected chi connectivity index (χ2v) is 6.35. The molecule has 0 aliphatic heterocycles. The van der Waals surface area contributed by atoms with Crippen molar-refractivity contribution in [3.05, 3.63) is 29.8 Å². The number of ketones is 1. The van der Waals surface area contributed by atoms with Gasteiger partial charge in [-0.1, -0.05) is 12.1 Å². The lowest BCUT2D eigenvalue weighted by Crippen LogP contribution is -2.09. The lowest BCUT2D eigenvalue weighted by atomic mass is 10.1. The van der Waals surface area contributed by atoms with Crippen LogP contribution in [0.4, 0.5) is 0 Å². The van der Waals surface area contributed by atoms with Crippen molar-refractivity contribution in [1.29, 1.82) is 0 Å². The molecule has 3 nitrogen and oxygen atoms in total. The molecule has 0 fully saturated rings. The van der Waals surface area contributed by atoms with Crippen LogP contribution in [0.5, 0.6) is 5.75 Å². The van der Waals surface area contributed by atoms with Crippen molar-refractivity contribution >= 4 is 20.7 Å². The van der Waals surface area contributed by atoms with Crippen molar-refractivity contribution in [3.63, 3.8) is 0 Å². The Morgan fingerprint density at radius 2 is 1.93 bits per heavy atom. The third-order valence-corrected chi connectivity index (χ3v) is 2.54. The van der Waals surface area contributed by atoms with Crippen LogP contribution in [0.1, 0.15) is 10.4 Å². The average Bonchev–Trinajstić information content (AvgIpc) is 2.15. The highest BCUT2D eigenvalue weighted by atomic mass is 32.2. The normalized spacial score (nSPS) is 10.9. The third kappa shape index (κ3) is 3.40. The smallest absolute Gasteiger partial charge is 0.197 e. The van der Waals surface area contributed by atoms with Gasteiger partial charge in [-0.3, -0.25) is 9.00 Å². The molecular formula is C11H14O3S. The first-order valence-corrected chi connectivity index (χ1v) is 6.84. The van der Waals surface area contributed by atoms with Gasteiger partial charge in [0, 0.05) is 17.9 Å². The van der Waals surface area contributed by atoms with Gasteiger partial charge in [-0.05, 0) is 21.7 Å². The molecule has 0 aromatic heterocycles. The van der Waals surface area contributed by atoms with E-state index in [4.69, 9.17) is 4.74 Å². The predicted molar refractivity (Wildman–Crippen MR) is 63.4 cm³/mol. The van der Waals surface area contributed by atoms with E-state index in [1.54, 1.807) is 24.3 Å². The van der Waals surface area contributed by atoms with E-state index in [1.807, 2.05) is 0 Å². The quantitative estimate of drug-likeness (QED) is 0.575. The SMILES string of the molecule is COc1ccccc1C(=O)C=S(C)(C)=O. The second kappa shape index (κ2) is 4.49. The maximum atomic E-state index is 11.7. The Morgan fingerprint density at radius 1 is 1.33 bits per heavy atom. The number of carbonyl (C=O) groups excluding carboxylic acids is 1. The maximum Gasteiger partial charge on any atom is 0.197 e. The first-order chi connectivity index (χ1) is 6.94. The van der Waals surface area contributed by atoms with Gasteiger partial charge in [0.1, 0.15) is 5.75 Å². The molecule has 0 spiro atoms. The topological polar surface area (TPSA) is 43.4 Å². The largest absolute Gasteiger partial charge is 0.496 e. The molecule has 0 saturated carbocycles. The van der Waals surface area contributed by atoms with Crippen molar-refractivity contribution in [3.8, 4) is 5.75 Å². The van der Waals surface area contributed by atoms with Crippen molar-refractivity contribution in [2.45, 2.75) is 0 Å².